The molecule has 0 spiro atoms. The standard InChI is InChI=1S/C18H22N2O2S.ClH/c1-13(17(19)15-8-4-3-5-9-15)18(21)20-16-10-6-7-14(11-16)12-23(2)22;/h3-11,13,17H,12,19H2,1-2H3,(H,20,21);1H. The fourth-order valence-electron chi connectivity index (χ4n) is 2.36. The molecule has 3 N–H and O–H groups in total. The predicted molar refractivity (Wildman–Crippen MR) is 103 cm³/mol. The molecule has 0 saturated carbocycles. The summed E-state index contributed by atoms with van der Waals surface area (Å²) in [5, 5.41) is 2.89. The van der Waals surface area contributed by atoms with E-state index in [0.717, 1.165) is 11.1 Å². The average Bonchev–Trinajstić information content (AvgIpc) is 2.54. The van der Waals surface area contributed by atoms with Crippen molar-refractivity contribution in [2.24, 2.45) is 11.7 Å². The van der Waals surface area contributed by atoms with Crippen molar-refractivity contribution in [2.45, 2.75) is 18.7 Å². The van der Waals surface area contributed by atoms with Crippen molar-refractivity contribution in [3.05, 3.63) is 65.7 Å². The largest absolute Gasteiger partial charge is 0.326 e. The minimum absolute atomic E-state index is 0. The Morgan fingerprint density at radius 3 is 2.46 bits per heavy atom. The number of nitrogens with two attached hydrogens (primary N) is 1. The number of benzene rings is 2. The average molecular weight is 367 g/mol. The first kappa shape index (κ1) is 20.4. The van der Waals surface area contributed by atoms with Gasteiger partial charge in [-0.25, -0.2) is 0 Å². The first-order chi connectivity index (χ1) is 11.0. The highest BCUT2D eigenvalue weighted by Gasteiger charge is 2.22. The summed E-state index contributed by atoms with van der Waals surface area (Å²) in [7, 11) is -0.911. The van der Waals surface area contributed by atoms with E-state index >= 15 is 0 Å². The Kier molecular flexibility index (Phi) is 8.11. The number of carbonyl (C=O) groups is 1. The van der Waals surface area contributed by atoms with Crippen LogP contribution in [0, 0.1) is 5.92 Å². The lowest BCUT2D eigenvalue weighted by Gasteiger charge is -2.20. The molecule has 0 aliphatic carbocycles. The van der Waals surface area contributed by atoms with Crippen molar-refractivity contribution in [3.8, 4) is 0 Å². The van der Waals surface area contributed by atoms with E-state index in [-0.39, 0.29) is 30.3 Å². The van der Waals surface area contributed by atoms with E-state index in [1.54, 1.807) is 6.26 Å². The Bertz CT molecular complexity index is 694. The highest BCUT2D eigenvalue weighted by molar-refractivity contribution is 7.83. The Balaban J connectivity index is 0.00000288. The van der Waals surface area contributed by atoms with Crippen LogP contribution in [0.2, 0.25) is 0 Å². The zero-order valence-electron chi connectivity index (χ0n) is 13.8. The molecule has 0 aliphatic rings. The molecule has 4 nitrogen and oxygen atoms in total. The number of anilines is 1. The van der Waals surface area contributed by atoms with Gasteiger partial charge in [0.25, 0.3) is 0 Å². The van der Waals surface area contributed by atoms with Crippen molar-refractivity contribution < 1.29 is 9.00 Å². The summed E-state index contributed by atoms with van der Waals surface area (Å²) in [6.07, 6.45) is 1.66. The maximum Gasteiger partial charge on any atom is 0.229 e. The second-order valence-electron chi connectivity index (χ2n) is 5.63. The maximum atomic E-state index is 12.4. The molecule has 0 heterocycles. The normalized spacial score (nSPS) is 14.1. The van der Waals surface area contributed by atoms with Crippen LogP contribution in [-0.4, -0.2) is 16.4 Å². The number of hydrogen-bond acceptors (Lipinski definition) is 3. The Hall–Kier alpha value is -1.69. The number of rotatable bonds is 6. The van der Waals surface area contributed by atoms with Crippen LogP contribution in [-0.2, 0) is 21.3 Å². The number of amides is 1. The molecule has 2 aromatic rings. The number of hydrogen-bond donors (Lipinski definition) is 2. The number of halogens is 1. The lowest BCUT2D eigenvalue weighted by molar-refractivity contribution is -0.120. The fraction of sp³-hybridized carbons (Fsp3) is 0.278. The van der Waals surface area contributed by atoms with E-state index in [4.69, 9.17) is 5.73 Å². The molecule has 130 valence electrons. The van der Waals surface area contributed by atoms with Gasteiger partial charge in [-0.05, 0) is 23.3 Å². The quantitative estimate of drug-likeness (QED) is 0.824. The van der Waals surface area contributed by atoms with E-state index in [0.29, 0.717) is 11.4 Å². The van der Waals surface area contributed by atoms with Gasteiger partial charge in [0.15, 0.2) is 0 Å². The van der Waals surface area contributed by atoms with Gasteiger partial charge in [0.1, 0.15) is 0 Å². The van der Waals surface area contributed by atoms with Gasteiger partial charge in [-0.2, -0.15) is 0 Å². The lowest BCUT2D eigenvalue weighted by atomic mass is 9.94. The first-order valence-electron chi connectivity index (χ1n) is 7.47. The molecule has 0 radical (unpaired) electrons. The minimum Gasteiger partial charge on any atom is -0.326 e. The van der Waals surface area contributed by atoms with Crippen molar-refractivity contribution in [1.82, 2.24) is 0 Å². The topological polar surface area (TPSA) is 72.2 Å². The lowest BCUT2D eigenvalue weighted by Crippen LogP contribution is -2.30. The molecule has 0 aliphatic heterocycles. The van der Waals surface area contributed by atoms with Crippen molar-refractivity contribution in [3.63, 3.8) is 0 Å². The van der Waals surface area contributed by atoms with Crippen LogP contribution >= 0.6 is 12.4 Å². The van der Waals surface area contributed by atoms with Crippen LogP contribution in [0.4, 0.5) is 5.69 Å². The van der Waals surface area contributed by atoms with Crippen molar-refractivity contribution in [1.29, 1.82) is 0 Å². The molecule has 0 saturated heterocycles. The maximum absolute atomic E-state index is 12.4. The highest BCUT2D eigenvalue weighted by Crippen LogP contribution is 2.21. The molecule has 6 heteroatoms. The van der Waals surface area contributed by atoms with E-state index in [2.05, 4.69) is 5.32 Å². The summed E-state index contributed by atoms with van der Waals surface area (Å²) in [6.45, 7) is 1.82. The zero-order valence-corrected chi connectivity index (χ0v) is 15.4. The summed E-state index contributed by atoms with van der Waals surface area (Å²) in [5.74, 6) is -0.0134. The van der Waals surface area contributed by atoms with Gasteiger partial charge in [0.05, 0.1) is 5.92 Å². The summed E-state index contributed by atoms with van der Waals surface area (Å²) >= 11 is 0. The van der Waals surface area contributed by atoms with Crippen molar-refractivity contribution in [2.75, 3.05) is 11.6 Å². The van der Waals surface area contributed by atoms with Crippen LogP contribution < -0.4 is 11.1 Å². The number of nitrogens with one attached hydrogen (secondary N) is 1. The van der Waals surface area contributed by atoms with Crippen molar-refractivity contribution >= 4 is 34.8 Å². The van der Waals surface area contributed by atoms with Gasteiger partial charge in [-0.1, -0.05) is 49.4 Å². The van der Waals surface area contributed by atoms with Gasteiger partial charge >= 0.3 is 0 Å². The van der Waals surface area contributed by atoms with Crippen LogP contribution in [0.1, 0.15) is 24.1 Å². The first-order valence-corrected chi connectivity index (χ1v) is 9.20. The summed E-state index contributed by atoms with van der Waals surface area (Å²) in [4.78, 5) is 12.4. The molecule has 2 aromatic carbocycles. The third-order valence-corrected chi connectivity index (χ3v) is 4.44. The second kappa shape index (κ2) is 9.57. The van der Waals surface area contributed by atoms with Gasteiger partial charge in [0.2, 0.25) is 5.91 Å². The molecule has 2 rings (SSSR count). The third-order valence-electron chi connectivity index (χ3n) is 3.70. The molecule has 0 aromatic heterocycles. The summed E-state index contributed by atoms with van der Waals surface area (Å²) in [5.41, 5.74) is 8.76. The van der Waals surface area contributed by atoms with Gasteiger partial charge in [0, 0.05) is 34.5 Å². The van der Waals surface area contributed by atoms with Crippen LogP contribution in [0.3, 0.4) is 0 Å². The fourth-order valence-corrected chi connectivity index (χ4v) is 3.01. The Labute approximate surface area is 151 Å². The minimum atomic E-state index is -0.911. The molecular weight excluding hydrogens is 344 g/mol. The van der Waals surface area contributed by atoms with Gasteiger partial charge < -0.3 is 11.1 Å². The van der Waals surface area contributed by atoms with E-state index in [9.17, 15) is 9.00 Å². The van der Waals surface area contributed by atoms with Crippen LogP contribution in [0.15, 0.2) is 54.6 Å². The van der Waals surface area contributed by atoms with Crippen LogP contribution in [0.5, 0.6) is 0 Å². The van der Waals surface area contributed by atoms with Gasteiger partial charge in [-0.15, -0.1) is 12.4 Å². The molecule has 1 amide bonds. The number of carbonyl (C=O) groups excluding carboxylic acids is 1. The molecule has 24 heavy (non-hydrogen) atoms. The van der Waals surface area contributed by atoms with E-state index in [1.807, 2.05) is 61.5 Å². The molecule has 3 atom stereocenters. The Morgan fingerprint density at radius 1 is 1.17 bits per heavy atom. The molecular formula is C18H23ClN2O2S. The summed E-state index contributed by atoms with van der Waals surface area (Å²) in [6, 6.07) is 16.6. The van der Waals surface area contributed by atoms with E-state index < -0.39 is 10.8 Å². The zero-order chi connectivity index (χ0) is 16.8. The molecule has 0 bridgehead atoms. The van der Waals surface area contributed by atoms with E-state index in [1.165, 1.54) is 0 Å². The SMILES string of the molecule is CC(C(=O)Nc1cccc(CS(C)=O)c1)C(N)c1ccccc1.Cl. The highest BCUT2D eigenvalue weighted by atomic mass is 35.5. The Morgan fingerprint density at radius 2 is 1.83 bits per heavy atom. The monoisotopic (exact) mass is 366 g/mol. The molecule has 3 unspecified atom stereocenters. The second-order valence-corrected chi connectivity index (χ2v) is 7.07. The molecule has 0 fully saturated rings. The van der Waals surface area contributed by atoms with Crippen LogP contribution in [0.25, 0.3) is 0 Å². The smallest absolute Gasteiger partial charge is 0.229 e. The predicted octanol–water partition coefficient (Wildman–Crippen LogP) is 3.26. The third kappa shape index (κ3) is 5.74. The van der Waals surface area contributed by atoms with Gasteiger partial charge in [-0.3, -0.25) is 9.00 Å². The summed E-state index contributed by atoms with van der Waals surface area (Å²) < 4.78 is 11.3.